The van der Waals surface area contributed by atoms with Crippen molar-refractivity contribution in [2.45, 2.75) is 27.7 Å². The Hall–Kier alpha value is -3.12. The van der Waals surface area contributed by atoms with Crippen molar-refractivity contribution in [3.63, 3.8) is 0 Å². The largest absolute Gasteiger partial charge is 0.0911 e. The first-order chi connectivity index (χ1) is 13.6. The molecule has 0 bridgehead atoms. The zero-order valence-corrected chi connectivity index (χ0v) is 17.2. The first-order valence-electron chi connectivity index (χ1n) is 10.0. The average Bonchev–Trinajstić information content (AvgIpc) is 2.72. The van der Waals surface area contributed by atoms with Gasteiger partial charge in [-0.1, -0.05) is 87.7 Å². The lowest BCUT2D eigenvalue weighted by molar-refractivity contribution is 1.50. The molecule has 0 aliphatic rings. The van der Waals surface area contributed by atoms with Gasteiger partial charge in [-0.3, -0.25) is 0 Å². The highest BCUT2D eigenvalue weighted by molar-refractivity contribution is 6.34. The first kappa shape index (κ1) is 18.3. The number of hydrogen-bond acceptors (Lipinski definition) is 0. The van der Waals surface area contributed by atoms with E-state index in [1.165, 1.54) is 54.2 Å². The molecule has 0 fully saturated rings. The van der Waals surface area contributed by atoms with Crippen molar-refractivity contribution in [2.24, 2.45) is 0 Å². The predicted octanol–water partition coefficient (Wildman–Crippen LogP) is 6.93. The summed E-state index contributed by atoms with van der Waals surface area (Å²) in [4.78, 5) is 0. The van der Waals surface area contributed by atoms with Crippen LogP contribution in [0.5, 0.6) is 0 Å². The fraction of sp³-hybridized carbons (Fsp3) is 0.143. The molecule has 5 aromatic carbocycles. The number of hydrogen-bond donors (Lipinski definition) is 0. The third kappa shape index (κ3) is 2.38. The van der Waals surface area contributed by atoms with Gasteiger partial charge in [0.2, 0.25) is 0 Å². The van der Waals surface area contributed by atoms with Crippen LogP contribution >= 0.6 is 0 Å². The molecular weight excluding hydrogens is 336 g/mol. The molecule has 0 atom stereocenters. The Morgan fingerprint density at radius 1 is 0.607 bits per heavy atom. The fourth-order valence-corrected chi connectivity index (χ4v) is 4.52. The molecule has 0 radical (unpaired) electrons. The maximum Gasteiger partial charge on any atom is -0.00142 e. The Balaban J connectivity index is 0.000000932. The van der Waals surface area contributed by atoms with Crippen molar-refractivity contribution in [3.05, 3.63) is 76.2 Å². The molecular formula is C28H26. The average molecular weight is 363 g/mol. The number of allylic oxidation sites excluding steroid dienone is 1. The molecule has 0 heteroatoms. The smallest absolute Gasteiger partial charge is 0.00142 e. The van der Waals surface area contributed by atoms with Crippen LogP contribution in [0.2, 0.25) is 0 Å². The van der Waals surface area contributed by atoms with E-state index in [2.05, 4.69) is 87.7 Å². The molecule has 5 aromatic rings. The van der Waals surface area contributed by atoms with Crippen molar-refractivity contribution < 1.29 is 0 Å². The molecule has 0 saturated heterocycles. The Morgan fingerprint density at radius 2 is 1.11 bits per heavy atom. The summed E-state index contributed by atoms with van der Waals surface area (Å²) in [5.41, 5.74) is 2.57. The lowest BCUT2D eigenvalue weighted by Crippen LogP contribution is -2.08. The zero-order chi connectivity index (χ0) is 20.0. The molecule has 0 aliphatic heterocycles. The second-order valence-electron chi connectivity index (χ2n) is 7.18. The monoisotopic (exact) mass is 362 g/mol. The number of benzene rings is 5. The predicted molar refractivity (Wildman–Crippen MR) is 129 cm³/mol. The van der Waals surface area contributed by atoms with E-state index in [-0.39, 0.29) is 0 Å². The van der Waals surface area contributed by atoms with E-state index in [9.17, 15) is 0 Å². The van der Waals surface area contributed by atoms with Gasteiger partial charge in [-0.15, -0.1) is 0 Å². The fourth-order valence-electron chi connectivity index (χ4n) is 4.52. The molecule has 0 saturated carbocycles. The quantitative estimate of drug-likeness (QED) is 0.224. The molecule has 0 N–H and O–H groups in total. The molecule has 0 aromatic heterocycles. The second kappa shape index (κ2) is 6.80. The van der Waals surface area contributed by atoms with Crippen LogP contribution in [0.25, 0.3) is 62.3 Å². The Kier molecular flexibility index (Phi) is 4.43. The van der Waals surface area contributed by atoms with Gasteiger partial charge < -0.3 is 0 Å². The van der Waals surface area contributed by atoms with Gasteiger partial charge in [0, 0.05) is 0 Å². The highest BCUT2D eigenvalue weighted by Gasteiger charge is 2.17. The summed E-state index contributed by atoms with van der Waals surface area (Å²) < 4.78 is 0. The van der Waals surface area contributed by atoms with E-state index in [0.717, 1.165) is 10.4 Å². The van der Waals surface area contributed by atoms with Crippen LogP contribution in [0.1, 0.15) is 31.9 Å². The van der Waals surface area contributed by atoms with Crippen molar-refractivity contribution in [1.29, 1.82) is 0 Å². The van der Waals surface area contributed by atoms with Gasteiger partial charge in [0.15, 0.2) is 0 Å². The topological polar surface area (TPSA) is 0 Å². The van der Waals surface area contributed by atoms with Gasteiger partial charge in [-0.25, -0.2) is 0 Å². The highest BCUT2D eigenvalue weighted by Crippen LogP contribution is 2.40. The van der Waals surface area contributed by atoms with Gasteiger partial charge in [-0.2, -0.15) is 0 Å². The van der Waals surface area contributed by atoms with Gasteiger partial charge in [0.25, 0.3) is 0 Å². The van der Waals surface area contributed by atoms with Crippen molar-refractivity contribution in [3.8, 4) is 0 Å². The normalized spacial score (nSPS) is 11.7. The lowest BCUT2D eigenvalue weighted by Gasteiger charge is -2.18. The van der Waals surface area contributed by atoms with E-state index in [1.54, 1.807) is 0 Å². The SMILES string of the molecule is C=c1ccc2ccc(C)c3c4c(/C=C\C)ccc5ccc(=C)c(c1c23)c54.CC. The lowest BCUT2D eigenvalue weighted by atomic mass is 9.85. The maximum atomic E-state index is 4.37. The van der Waals surface area contributed by atoms with Crippen LogP contribution in [0.4, 0.5) is 0 Å². The van der Waals surface area contributed by atoms with Crippen molar-refractivity contribution in [2.75, 3.05) is 0 Å². The van der Waals surface area contributed by atoms with Gasteiger partial charge in [-0.05, 0) is 78.5 Å². The van der Waals surface area contributed by atoms with Crippen LogP contribution in [0.15, 0.2) is 54.6 Å². The molecule has 0 unspecified atom stereocenters. The van der Waals surface area contributed by atoms with Gasteiger partial charge in [0.05, 0.1) is 0 Å². The van der Waals surface area contributed by atoms with Gasteiger partial charge >= 0.3 is 0 Å². The summed E-state index contributed by atoms with van der Waals surface area (Å²) in [6.45, 7) is 17.0. The van der Waals surface area contributed by atoms with Crippen LogP contribution in [0.3, 0.4) is 0 Å². The Bertz CT molecular complexity index is 1470. The molecule has 0 spiro atoms. The summed E-state index contributed by atoms with van der Waals surface area (Å²) in [6, 6.07) is 17.6. The standard InChI is InChI=1S/C26H20.C2H6/c1-5-6-18-13-14-20-12-8-16(3)22-21-15(2)7-10-19-11-9-17(4)23(24(19)21)25(18)26(20)22;1-2/h5-14H,2-3H2,1,4H3;1-2H3/b6-5-;. The molecule has 0 heterocycles. The molecule has 0 aliphatic carbocycles. The summed E-state index contributed by atoms with van der Waals surface area (Å²) >= 11 is 0. The van der Waals surface area contributed by atoms with E-state index < -0.39 is 0 Å². The van der Waals surface area contributed by atoms with Crippen molar-refractivity contribution >= 4 is 62.3 Å². The molecule has 138 valence electrons. The van der Waals surface area contributed by atoms with E-state index >= 15 is 0 Å². The van der Waals surface area contributed by atoms with E-state index in [1.807, 2.05) is 13.8 Å². The van der Waals surface area contributed by atoms with Crippen LogP contribution in [-0.2, 0) is 0 Å². The highest BCUT2D eigenvalue weighted by atomic mass is 14.2. The Morgan fingerprint density at radius 3 is 1.68 bits per heavy atom. The third-order valence-corrected chi connectivity index (χ3v) is 5.63. The number of rotatable bonds is 1. The summed E-state index contributed by atoms with van der Waals surface area (Å²) in [7, 11) is 0. The van der Waals surface area contributed by atoms with Crippen LogP contribution < -0.4 is 10.4 Å². The van der Waals surface area contributed by atoms with E-state index in [4.69, 9.17) is 0 Å². The minimum absolute atomic E-state index is 1.07. The summed E-state index contributed by atoms with van der Waals surface area (Å²) in [5, 5.41) is 12.5. The number of fused-ring (bicyclic) bond motifs is 2. The number of aryl methyl sites for hydroxylation is 1. The minimum Gasteiger partial charge on any atom is -0.0911 e. The molecule has 0 amide bonds. The second-order valence-corrected chi connectivity index (χ2v) is 7.18. The minimum atomic E-state index is 1.07. The third-order valence-electron chi connectivity index (χ3n) is 5.63. The van der Waals surface area contributed by atoms with Gasteiger partial charge in [0.1, 0.15) is 0 Å². The molecule has 0 nitrogen and oxygen atoms in total. The van der Waals surface area contributed by atoms with Crippen molar-refractivity contribution in [1.82, 2.24) is 0 Å². The molecule has 28 heavy (non-hydrogen) atoms. The van der Waals surface area contributed by atoms with Crippen LogP contribution in [0, 0.1) is 6.92 Å². The summed E-state index contributed by atoms with van der Waals surface area (Å²) in [6.07, 6.45) is 4.33. The molecule has 5 rings (SSSR count). The van der Waals surface area contributed by atoms with Crippen LogP contribution in [-0.4, -0.2) is 0 Å². The maximum absolute atomic E-state index is 4.37. The van der Waals surface area contributed by atoms with E-state index in [0.29, 0.717) is 0 Å². The summed E-state index contributed by atoms with van der Waals surface area (Å²) in [5.74, 6) is 0. The first-order valence-corrected chi connectivity index (χ1v) is 10.0. The Labute approximate surface area is 166 Å². The zero-order valence-electron chi connectivity index (χ0n) is 17.2.